The SMILES string of the molecule is C=CC=Nc1cc(OC(=C)C)ccc1C.C=c1[nH]c(CC)c(Br)c1=C(C)C.CCCC(CC)CC. The summed E-state index contributed by atoms with van der Waals surface area (Å²) in [5.41, 5.74) is 4.51. The summed E-state index contributed by atoms with van der Waals surface area (Å²) in [6.07, 6.45) is 9.82. The molecule has 0 unspecified atom stereocenters. The Kier molecular flexibility index (Phi) is 16.8. The first-order chi connectivity index (χ1) is 16.6. The van der Waals surface area contributed by atoms with Crippen molar-refractivity contribution in [1.29, 1.82) is 0 Å². The van der Waals surface area contributed by atoms with Gasteiger partial charge in [0.05, 0.1) is 11.4 Å². The van der Waals surface area contributed by atoms with Crippen molar-refractivity contribution < 1.29 is 4.74 Å². The normalized spacial score (nSPS) is 10.3. The first-order valence-corrected chi connectivity index (χ1v) is 13.5. The van der Waals surface area contributed by atoms with E-state index >= 15 is 0 Å². The lowest BCUT2D eigenvalue weighted by atomic mass is 9.98. The summed E-state index contributed by atoms with van der Waals surface area (Å²) in [4.78, 5) is 7.50. The van der Waals surface area contributed by atoms with Crippen LogP contribution in [0.1, 0.15) is 85.4 Å². The third kappa shape index (κ3) is 12.3. The van der Waals surface area contributed by atoms with Gasteiger partial charge in [-0.25, -0.2) is 0 Å². The van der Waals surface area contributed by atoms with Crippen LogP contribution in [0.15, 0.2) is 52.7 Å². The van der Waals surface area contributed by atoms with Gasteiger partial charge in [0.1, 0.15) is 5.75 Å². The Balaban J connectivity index is 0.000000521. The highest BCUT2D eigenvalue weighted by Gasteiger charge is 2.03. The molecule has 0 aliphatic heterocycles. The standard InChI is InChI=1S/C13H15NO.C10H14BrN.C8H18/c1-5-8-14-13-9-12(15-10(2)3)7-6-11(13)4;1-5-8-10(11)9(6(2)3)7(4)12-8;1-4-7-8(5-2)6-3/h5-9H,1-2H2,3-4H3;12H,4-5H2,1-3H3;8H,4-7H2,1-3H3. The zero-order valence-electron chi connectivity index (χ0n) is 23.4. The van der Waals surface area contributed by atoms with Crippen LogP contribution < -0.4 is 15.3 Å². The number of aliphatic imine (C=N–C) groups is 1. The van der Waals surface area contributed by atoms with Crippen LogP contribution >= 0.6 is 15.9 Å². The number of aromatic amines is 1. The molecule has 2 aromatic rings. The summed E-state index contributed by atoms with van der Waals surface area (Å²) in [7, 11) is 0. The number of allylic oxidation sites excluding steroid dienone is 2. The van der Waals surface area contributed by atoms with E-state index in [-0.39, 0.29) is 0 Å². The lowest BCUT2D eigenvalue weighted by molar-refractivity contribution is 0.430. The Morgan fingerprint density at radius 1 is 1.14 bits per heavy atom. The fourth-order valence-corrected chi connectivity index (χ4v) is 4.59. The fourth-order valence-electron chi connectivity index (χ4n) is 3.58. The maximum Gasteiger partial charge on any atom is 0.129 e. The van der Waals surface area contributed by atoms with Gasteiger partial charge < -0.3 is 9.72 Å². The highest BCUT2D eigenvalue weighted by atomic mass is 79.9. The monoisotopic (exact) mass is 542 g/mol. The maximum absolute atomic E-state index is 5.40. The van der Waals surface area contributed by atoms with Crippen LogP contribution in [0.2, 0.25) is 0 Å². The van der Waals surface area contributed by atoms with Gasteiger partial charge >= 0.3 is 0 Å². The van der Waals surface area contributed by atoms with Gasteiger partial charge in [0.25, 0.3) is 0 Å². The average Bonchev–Trinajstić information content (AvgIpc) is 3.11. The summed E-state index contributed by atoms with van der Waals surface area (Å²) in [6.45, 7) is 28.2. The summed E-state index contributed by atoms with van der Waals surface area (Å²) in [6, 6.07) is 5.75. The second kappa shape index (κ2) is 18.0. The predicted molar refractivity (Wildman–Crippen MR) is 161 cm³/mol. The summed E-state index contributed by atoms with van der Waals surface area (Å²) < 4.78 is 6.57. The molecule has 35 heavy (non-hydrogen) atoms. The second-order valence-electron chi connectivity index (χ2n) is 8.86. The number of ether oxygens (including phenoxy) is 1. The molecule has 0 spiro atoms. The first-order valence-electron chi connectivity index (χ1n) is 12.7. The molecular weight excluding hydrogens is 496 g/mol. The highest BCUT2D eigenvalue weighted by molar-refractivity contribution is 9.10. The third-order valence-corrected chi connectivity index (χ3v) is 6.46. The molecule has 0 bridgehead atoms. The lowest BCUT2D eigenvalue weighted by Crippen LogP contribution is -2.22. The number of benzene rings is 1. The van der Waals surface area contributed by atoms with Gasteiger partial charge in [-0.3, -0.25) is 4.99 Å². The largest absolute Gasteiger partial charge is 0.463 e. The molecule has 1 heterocycles. The van der Waals surface area contributed by atoms with E-state index in [4.69, 9.17) is 4.74 Å². The predicted octanol–water partition coefficient (Wildman–Crippen LogP) is 8.96. The quantitative estimate of drug-likeness (QED) is 0.249. The van der Waals surface area contributed by atoms with Crippen molar-refractivity contribution >= 4 is 40.0 Å². The van der Waals surface area contributed by atoms with Crippen LogP contribution in [0.4, 0.5) is 5.69 Å². The molecule has 0 atom stereocenters. The Bertz CT molecular complexity index is 1050. The van der Waals surface area contributed by atoms with Gasteiger partial charge in [0.2, 0.25) is 0 Å². The van der Waals surface area contributed by atoms with E-state index in [1.807, 2.05) is 32.0 Å². The van der Waals surface area contributed by atoms with Crippen LogP contribution in [0.5, 0.6) is 5.75 Å². The van der Waals surface area contributed by atoms with Crippen LogP contribution in [-0.4, -0.2) is 11.2 Å². The minimum atomic E-state index is 0.664. The molecule has 0 saturated heterocycles. The number of hydrogen-bond acceptors (Lipinski definition) is 2. The van der Waals surface area contributed by atoms with E-state index in [1.165, 1.54) is 46.6 Å². The summed E-state index contributed by atoms with van der Waals surface area (Å²) >= 11 is 3.57. The molecule has 0 aliphatic carbocycles. The topological polar surface area (TPSA) is 37.4 Å². The molecular formula is C31H47BrN2O. The van der Waals surface area contributed by atoms with Crippen molar-refractivity contribution in [3.8, 4) is 5.75 Å². The number of aryl methyl sites for hydroxylation is 2. The molecule has 0 radical (unpaired) electrons. The molecule has 0 fully saturated rings. The van der Waals surface area contributed by atoms with Crippen LogP contribution in [-0.2, 0) is 6.42 Å². The van der Waals surface area contributed by atoms with Gasteiger partial charge in [-0.15, -0.1) is 0 Å². The van der Waals surface area contributed by atoms with Crippen LogP contribution in [0, 0.1) is 12.8 Å². The van der Waals surface area contributed by atoms with Gasteiger partial charge in [0.15, 0.2) is 0 Å². The molecule has 2 rings (SSSR count). The molecule has 3 nitrogen and oxygen atoms in total. The molecule has 0 aliphatic rings. The second-order valence-corrected chi connectivity index (χ2v) is 9.66. The molecule has 194 valence electrons. The van der Waals surface area contributed by atoms with Crippen molar-refractivity contribution in [2.75, 3.05) is 0 Å². The van der Waals surface area contributed by atoms with Gasteiger partial charge in [-0.05, 0) is 67.6 Å². The first kappa shape index (κ1) is 32.7. The maximum atomic E-state index is 5.40. The molecule has 1 aromatic carbocycles. The van der Waals surface area contributed by atoms with E-state index in [0.29, 0.717) is 5.76 Å². The Morgan fingerprint density at radius 2 is 1.77 bits per heavy atom. The smallest absolute Gasteiger partial charge is 0.129 e. The Hall–Kier alpha value is -2.33. The van der Waals surface area contributed by atoms with E-state index in [1.54, 1.807) is 12.3 Å². The number of H-pyrrole nitrogens is 1. The molecule has 1 aromatic heterocycles. The Labute approximate surface area is 222 Å². The third-order valence-electron chi connectivity index (χ3n) is 5.58. The fraction of sp³-hybridized carbons (Fsp3) is 0.452. The van der Waals surface area contributed by atoms with E-state index in [9.17, 15) is 0 Å². The van der Waals surface area contributed by atoms with Crippen LogP contribution in [0.25, 0.3) is 12.2 Å². The zero-order chi connectivity index (χ0) is 27.0. The number of hydrogen-bond donors (Lipinski definition) is 1. The van der Waals surface area contributed by atoms with Gasteiger partial charge in [0, 0.05) is 33.0 Å². The minimum Gasteiger partial charge on any atom is -0.463 e. The molecule has 0 saturated carbocycles. The van der Waals surface area contributed by atoms with E-state index in [2.05, 4.69) is 87.2 Å². The number of rotatable bonds is 9. The van der Waals surface area contributed by atoms with E-state index in [0.717, 1.165) is 34.7 Å². The van der Waals surface area contributed by atoms with Crippen LogP contribution in [0.3, 0.4) is 0 Å². The summed E-state index contributed by atoms with van der Waals surface area (Å²) in [5.74, 6) is 2.42. The summed E-state index contributed by atoms with van der Waals surface area (Å²) in [5, 5.41) is 2.24. The number of aromatic nitrogens is 1. The number of nitrogens with one attached hydrogen (secondary N) is 1. The zero-order valence-corrected chi connectivity index (χ0v) is 24.9. The van der Waals surface area contributed by atoms with Crippen molar-refractivity contribution in [1.82, 2.24) is 4.98 Å². The lowest BCUT2D eigenvalue weighted by Gasteiger charge is -2.08. The number of halogens is 1. The average molecular weight is 544 g/mol. The molecule has 4 heteroatoms. The minimum absolute atomic E-state index is 0.664. The number of nitrogens with zero attached hydrogens (tertiary/aromatic N) is 1. The molecule has 0 amide bonds. The van der Waals surface area contributed by atoms with Crippen molar-refractivity contribution in [3.05, 3.63) is 69.5 Å². The molecule has 1 N–H and O–H groups in total. The van der Waals surface area contributed by atoms with Gasteiger partial charge in [-0.2, -0.15) is 0 Å². The highest BCUT2D eigenvalue weighted by Crippen LogP contribution is 2.25. The van der Waals surface area contributed by atoms with Crippen molar-refractivity contribution in [3.63, 3.8) is 0 Å². The van der Waals surface area contributed by atoms with E-state index < -0.39 is 0 Å². The Morgan fingerprint density at radius 3 is 2.14 bits per heavy atom. The van der Waals surface area contributed by atoms with Crippen molar-refractivity contribution in [2.45, 2.75) is 87.5 Å². The van der Waals surface area contributed by atoms with Crippen molar-refractivity contribution in [2.24, 2.45) is 10.9 Å². The van der Waals surface area contributed by atoms with Gasteiger partial charge in [-0.1, -0.05) is 90.8 Å².